The van der Waals surface area contributed by atoms with Crippen molar-refractivity contribution < 1.29 is 4.74 Å². The molecule has 2 N–H and O–H groups in total. The number of fused-ring (bicyclic) bond motifs is 1. The standard InChI is InChI=1S/C13H17N3OS/c14-7-10-8-16(5-6-17-10)9-13-15-11-3-1-2-4-12(11)18-13/h1-4,10H,5-9,14H2. The third kappa shape index (κ3) is 2.54. The fraction of sp³-hybridized carbons (Fsp3) is 0.462. The van der Waals surface area contributed by atoms with Crippen LogP contribution < -0.4 is 5.73 Å². The van der Waals surface area contributed by atoms with Gasteiger partial charge in [0.25, 0.3) is 0 Å². The highest BCUT2D eigenvalue weighted by atomic mass is 32.1. The summed E-state index contributed by atoms with van der Waals surface area (Å²) in [5.74, 6) is 0. The number of thiazole rings is 1. The first-order valence-corrected chi connectivity index (χ1v) is 7.05. The normalized spacial score (nSPS) is 21.5. The SMILES string of the molecule is NCC1CN(Cc2nc3ccccc3s2)CCO1. The largest absolute Gasteiger partial charge is 0.374 e. The van der Waals surface area contributed by atoms with Crippen molar-refractivity contribution in [2.45, 2.75) is 12.6 Å². The summed E-state index contributed by atoms with van der Waals surface area (Å²) in [7, 11) is 0. The molecule has 0 aliphatic carbocycles. The first-order valence-electron chi connectivity index (χ1n) is 6.23. The second kappa shape index (κ2) is 5.32. The van der Waals surface area contributed by atoms with Crippen LogP contribution in [0.3, 0.4) is 0 Å². The topological polar surface area (TPSA) is 51.4 Å². The Balaban J connectivity index is 1.71. The van der Waals surface area contributed by atoms with Crippen molar-refractivity contribution >= 4 is 21.6 Å². The van der Waals surface area contributed by atoms with Gasteiger partial charge in [-0.15, -0.1) is 11.3 Å². The molecule has 1 fully saturated rings. The monoisotopic (exact) mass is 263 g/mol. The molecule has 2 aromatic rings. The molecule has 1 aliphatic rings. The number of para-hydroxylation sites is 1. The molecule has 2 heterocycles. The quantitative estimate of drug-likeness (QED) is 0.911. The Bertz CT molecular complexity index is 495. The lowest BCUT2D eigenvalue weighted by molar-refractivity contribution is -0.0260. The van der Waals surface area contributed by atoms with Gasteiger partial charge in [-0.05, 0) is 12.1 Å². The molecule has 1 atom stereocenters. The van der Waals surface area contributed by atoms with Crippen LogP contribution in [0.1, 0.15) is 5.01 Å². The second-order valence-corrected chi connectivity index (χ2v) is 5.65. The molecule has 96 valence electrons. The molecular weight excluding hydrogens is 246 g/mol. The highest BCUT2D eigenvalue weighted by molar-refractivity contribution is 7.18. The molecule has 1 unspecified atom stereocenters. The predicted molar refractivity (Wildman–Crippen MR) is 73.7 cm³/mol. The lowest BCUT2D eigenvalue weighted by Gasteiger charge is -2.31. The third-order valence-corrected chi connectivity index (χ3v) is 4.20. The highest BCUT2D eigenvalue weighted by Crippen LogP contribution is 2.23. The molecule has 1 aromatic heterocycles. The zero-order valence-corrected chi connectivity index (χ0v) is 11.0. The zero-order valence-electron chi connectivity index (χ0n) is 10.2. The van der Waals surface area contributed by atoms with Crippen molar-refractivity contribution in [3.8, 4) is 0 Å². The maximum atomic E-state index is 5.66. The van der Waals surface area contributed by atoms with E-state index in [1.807, 2.05) is 6.07 Å². The Kier molecular flexibility index (Phi) is 3.56. The molecular formula is C13H17N3OS. The summed E-state index contributed by atoms with van der Waals surface area (Å²) < 4.78 is 6.83. The van der Waals surface area contributed by atoms with E-state index in [1.165, 1.54) is 9.71 Å². The molecule has 0 radical (unpaired) electrons. The number of rotatable bonds is 3. The van der Waals surface area contributed by atoms with E-state index in [9.17, 15) is 0 Å². The fourth-order valence-electron chi connectivity index (χ4n) is 2.25. The smallest absolute Gasteiger partial charge is 0.108 e. The number of hydrogen-bond acceptors (Lipinski definition) is 5. The number of nitrogens with zero attached hydrogens (tertiary/aromatic N) is 2. The maximum Gasteiger partial charge on any atom is 0.108 e. The molecule has 1 aromatic carbocycles. The van der Waals surface area contributed by atoms with Crippen molar-refractivity contribution in [1.82, 2.24) is 9.88 Å². The van der Waals surface area contributed by atoms with E-state index < -0.39 is 0 Å². The molecule has 4 nitrogen and oxygen atoms in total. The Morgan fingerprint density at radius 1 is 1.44 bits per heavy atom. The van der Waals surface area contributed by atoms with Gasteiger partial charge in [0, 0.05) is 19.6 Å². The summed E-state index contributed by atoms with van der Waals surface area (Å²) in [5.41, 5.74) is 6.75. The molecule has 5 heteroatoms. The van der Waals surface area contributed by atoms with Gasteiger partial charge in [-0.3, -0.25) is 4.90 Å². The van der Waals surface area contributed by atoms with E-state index in [2.05, 4.69) is 28.1 Å². The molecule has 0 spiro atoms. The van der Waals surface area contributed by atoms with Gasteiger partial charge in [0.1, 0.15) is 5.01 Å². The molecule has 1 aliphatic heterocycles. The molecule has 0 bridgehead atoms. The highest BCUT2D eigenvalue weighted by Gasteiger charge is 2.20. The Hall–Kier alpha value is -1.01. The Morgan fingerprint density at radius 3 is 3.17 bits per heavy atom. The van der Waals surface area contributed by atoms with Gasteiger partial charge in [0.2, 0.25) is 0 Å². The van der Waals surface area contributed by atoms with E-state index in [0.717, 1.165) is 31.8 Å². The molecule has 1 saturated heterocycles. The summed E-state index contributed by atoms with van der Waals surface area (Å²) in [5, 5.41) is 1.17. The van der Waals surface area contributed by atoms with Gasteiger partial charge in [-0.2, -0.15) is 0 Å². The van der Waals surface area contributed by atoms with Crippen molar-refractivity contribution in [2.75, 3.05) is 26.2 Å². The Labute approximate surface area is 110 Å². The van der Waals surface area contributed by atoms with E-state index in [0.29, 0.717) is 6.54 Å². The molecule has 0 amide bonds. The predicted octanol–water partition coefficient (Wildman–Crippen LogP) is 1.46. The molecule has 3 rings (SSSR count). The number of hydrogen-bond donors (Lipinski definition) is 1. The summed E-state index contributed by atoms with van der Waals surface area (Å²) >= 11 is 1.77. The number of morpholine rings is 1. The fourth-order valence-corrected chi connectivity index (χ4v) is 3.26. The second-order valence-electron chi connectivity index (χ2n) is 4.54. The number of benzene rings is 1. The molecule has 0 saturated carbocycles. The van der Waals surface area contributed by atoms with Crippen LogP contribution in [0.5, 0.6) is 0 Å². The van der Waals surface area contributed by atoms with Crippen LogP contribution in [0.15, 0.2) is 24.3 Å². The summed E-state index contributed by atoms with van der Waals surface area (Å²) in [6.07, 6.45) is 0.174. The van der Waals surface area contributed by atoms with Crippen LogP contribution >= 0.6 is 11.3 Å². The van der Waals surface area contributed by atoms with Crippen LogP contribution in [-0.4, -0.2) is 42.2 Å². The number of nitrogens with two attached hydrogens (primary N) is 1. The van der Waals surface area contributed by atoms with Gasteiger partial charge in [0.15, 0.2) is 0 Å². The average molecular weight is 263 g/mol. The average Bonchev–Trinajstić information content (AvgIpc) is 2.81. The van der Waals surface area contributed by atoms with Gasteiger partial charge in [0.05, 0.1) is 29.5 Å². The van der Waals surface area contributed by atoms with E-state index in [1.54, 1.807) is 11.3 Å². The van der Waals surface area contributed by atoms with Gasteiger partial charge >= 0.3 is 0 Å². The van der Waals surface area contributed by atoms with Crippen LogP contribution in [-0.2, 0) is 11.3 Å². The van der Waals surface area contributed by atoms with E-state index >= 15 is 0 Å². The minimum absolute atomic E-state index is 0.174. The Morgan fingerprint density at radius 2 is 2.33 bits per heavy atom. The van der Waals surface area contributed by atoms with Gasteiger partial charge in [-0.1, -0.05) is 12.1 Å². The number of aromatic nitrogens is 1. The first-order chi connectivity index (χ1) is 8.85. The first kappa shape index (κ1) is 12.0. The lowest BCUT2D eigenvalue weighted by Crippen LogP contribution is -2.45. The summed E-state index contributed by atoms with van der Waals surface area (Å²) in [6, 6.07) is 8.28. The maximum absolute atomic E-state index is 5.66. The summed E-state index contributed by atoms with van der Waals surface area (Å²) in [6.45, 7) is 4.14. The lowest BCUT2D eigenvalue weighted by atomic mass is 10.3. The zero-order chi connectivity index (χ0) is 12.4. The van der Waals surface area contributed by atoms with Crippen molar-refractivity contribution in [1.29, 1.82) is 0 Å². The van der Waals surface area contributed by atoms with Gasteiger partial charge < -0.3 is 10.5 Å². The van der Waals surface area contributed by atoms with E-state index in [4.69, 9.17) is 10.5 Å². The van der Waals surface area contributed by atoms with E-state index in [-0.39, 0.29) is 6.10 Å². The van der Waals surface area contributed by atoms with Crippen LogP contribution in [0.4, 0.5) is 0 Å². The number of ether oxygens (including phenoxy) is 1. The third-order valence-electron chi connectivity index (χ3n) is 3.18. The van der Waals surface area contributed by atoms with Crippen molar-refractivity contribution in [2.24, 2.45) is 5.73 Å². The minimum atomic E-state index is 0.174. The van der Waals surface area contributed by atoms with Crippen molar-refractivity contribution in [3.63, 3.8) is 0 Å². The van der Waals surface area contributed by atoms with Gasteiger partial charge in [-0.25, -0.2) is 4.98 Å². The van der Waals surface area contributed by atoms with Crippen molar-refractivity contribution in [3.05, 3.63) is 29.3 Å². The minimum Gasteiger partial charge on any atom is -0.374 e. The van der Waals surface area contributed by atoms with Crippen LogP contribution in [0, 0.1) is 0 Å². The molecule has 18 heavy (non-hydrogen) atoms. The van der Waals surface area contributed by atoms with Crippen LogP contribution in [0.25, 0.3) is 10.2 Å². The van der Waals surface area contributed by atoms with Crippen LogP contribution in [0.2, 0.25) is 0 Å². The summed E-state index contributed by atoms with van der Waals surface area (Å²) in [4.78, 5) is 7.04.